The molecule has 1 aromatic heterocycles. The van der Waals surface area contributed by atoms with E-state index in [-0.39, 0.29) is 35.1 Å². The van der Waals surface area contributed by atoms with Crippen molar-refractivity contribution >= 4 is 29.1 Å². The van der Waals surface area contributed by atoms with Gasteiger partial charge in [-0.3, -0.25) is 14.6 Å². The first-order valence-electron chi connectivity index (χ1n) is 14.2. The van der Waals surface area contributed by atoms with Crippen molar-refractivity contribution in [1.29, 1.82) is 0 Å². The lowest BCUT2D eigenvalue weighted by Gasteiger charge is -2.46. The number of carbonyl (C=O) groups is 2. The van der Waals surface area contributed by atoms with Gasteiger partial charge in [-0.2, -0.15) is 5.21 Å². The molecule has 1 aliphatic heterocycles. The molecule has 2 heterocycles. The quantitative estimate of drug-likeness (QED) is 0.340. The number of hydrogen-bond donors (Lipinski definition) is 2. The molecule has 41 heavy (non-hydrogen) atoms. The second-order valence-electron chi connectivity index (χ2n) is 11.3. The van der Waals surface area contributed by atoms with Crippen LogP contribution in [0.25, 0.3) is 0 Å². The third-order valence-corrected chi connectivity index (χ3v) is 8.55. The molecule has 1 spiro atoms. The molecule has 2 aliphatic rings. The van der Waals surface area contributed by atoms with E-state index in [2.05, 4.69) is 46.7 Å². The van der Waals surface area contributed by atoms with Gasteiger partial charge in [-0.05, 0) is 79.8 Å². The van der Waals surface area contributed by atoms with Gasteiger partial charge in [-0.25, -0.2) is 4.39 Å². The molecule has 5 rings (SSSR count). The Morgan fingerprint density at radius 2 is 1.93 bits per heavy atom. The molecule has 216 valence electrons. The molecule has 2 N–H and O–H groups in total. The molecule has 3 aromatic rings. The molecule has 1 fully saturated rings. The molecule has 1 aliphatic carbocycles. The van der Waals surface area contributed by atoms with Crippen LogP contribution in [0.4, 0.5) is 4.39 Å². The zero-order chi connectivity index (χ0) is 29.1. The van der Waals surface area contributed by atoms with E-state index in [0.717, 1.165) is 44.1 Å². The average molecular weight is 580 g/mol. The van der Waals surface area contributed by atoms with E-state index >= 15 is 0 Å². The second-order valence-corrected chi connectivity index (χ2v) is 11.7. The van der Waals surface area contributed by atoms with E-state index in [1.54, 1.807) is 18.2 Å². The van der Waals surface area contributed by atoms with Gasteiger partial charge in [0, 0.05) is 16.1 Å². The van der Waals surface area contributed by atoms with Crippen molar-refractivity contribution in [2.24, 2.45) is 16.8 Å². The third kappa shape index (κ3) is 6.02. The fraction of sp³-hybridized carbons (Fsp3) is 0.467. The Morgan fingerprint density at radius 3 is 2.54 bits per heavy atom. The van der Waals surface area contributed by atoms with Crippen LogP contribution in [0.1, 0.15) is 92.6 Å². The Bertz CT molecular complexity index is 1400. The smallest absolute Gasteiger partial charge is 0.275 e. The summed E-state index contributed by atoms with van der Waals surface area (Å²) >= 11 is 6.18. The van der Waals surface area contributed by atoms with Gasteiger partial charge < -0.3 is 10.2 Å². The first-order valence-corrected chi connectivity index (χ1v) is 14.6. The van der Waals surface area contributed by atoms with Gasteiger partial charge in [0.1, 0.15) is 17.2 Å². The van der Waals surface area contributed by atoms with Crippen molar-refractivity contribution in [3.05, 3.63) is 75.8 Å². The van der Waals surface area contributed by atoms with Crippen LogP contribution in [0.2, 0.25) is 5.02 Å². The average Bonchev–Trinajstić information content (AvgIpc) is 3.57. The van der Waals surface area contributed by atoms with Crippen LogP contribution < -0.4 is 5.32 Å². The molecule has 9 nitrogen and oxygen atoms in total. The molecule has 0 saturated heterocycles. The standard InChI is InChI=1S/C30H35ClFN7O2/c1-4-5-25(20-6-8-21(9-7-20)28(40)33-17-26-35-37-38-36-26)39-29(41)27(22-14-23(31)16-24(32)15-22)34-30(39)12-10-19(11-13-30)18(2)3/h6-9,14-16,18-19,25H,4-5,10-13,17H2,1-3H3,(H,33,40)(H,35,36,37,38)/t19?,25-,30?/m1/s1. The molecule has 0 unspecified atom stereocenters. The number of amides is 2. The van der Waals surface area contributed by atoms with Crippen molar-refractivity contribution < 1.29 is 14.0 Å². The number of benzene rings is 2. The number of hydrogen-bond acceptors (Lipinski definition) is 6. The van der Waals surface area contributed by atoms with E-state index in [9.17, 15) is 14.0 Å². The van der Waals surface area contributed by atoms with Crippen molar-refractivity contribution in [1.82, 2.24) is 30.8 Å². The van der Waals surface area contributed by atoms with Crippen LogP contribution >= 0.6 is 11.6 Å². The lowest BCUT2D eigenvalue weighted by molar-refractivity contribution is -0.133. The Morgan fingerprint density at radius 1 is 1.20 bits per heavy atom. The van der Waals surface area contributed by atoms with Crippen molar-refractivity contribution in [3.63, 3.8) is 0 Å². The number of aromatic amines is 1. The minimum atomic E-state index is -0.711. The topological polar surface area (TPSA) is 116 Å². The zero-order valence-corrected chi connectivity index (χ0v) is 24.3. The first-order chi connectivity index (χ1) is 19.7. The Hall–Kier alpha value is -3.66. The predicted octanol–water partition coefficient (Wildman–Crippen LogP) is 5.64. The number of halogens is 2. The maximum absolute atomic E-state index is 14.4. The summed E-state index contributed by atoms with van der Waals surface area (Å²) in [5.74, 6) is 0.525. The molecule has 2 aromatic carbocycles. The summed E-state index contributed by atoms with van der Waals surface area (Å²) in [6, 6.07) is 11.2. The summed E-state index contributed by atoms with van der Waals surface area (Å²) in [6.07, 6.45) is 4.96. The van der Waals surface area contributed by atoms with Gasteiger partial charge in [0.05, 0.1) is 12.6 Å². The fourth-order valence-corrected chi connectivity index (χ4v) is 6.36. The van der Waals surface area contributed by atoms with Crippen molar-refractivity contribution in [3.8, 4) is 0 Å². The summed E-state index contributed by atoms with van der Waals surface area (Å²) in [6.45, 7) is 6.72. The highest BCUT2D eigenvalue weighted by Crippen LogP contribution is 2.48. The van der Waals surface area contributed by atoms with Crippen molar-refractivity contribution in [2.45, 2.75) is 77.5 Å². The lowest BCUT2D eigenvalue weighted by atomic mass is 9.76. The minimum absolute atomic E-state index is 0.155. The van der Waals surface area contributed by atoms with Gasteiger partial charge in [-0.1, -0.05) is 56.1 Å². The molecule has 0 bridgehead atoms. The molecule has 2 amide bonds. The van der Waals surface area contributed by atoms with Crippen molar-refractivity contribution in [2.75, 3.05) is 0 Å². The van der Waals surface area contributed by atoms with Crippen LogP contribution in [0.15, 0.2) is 47.5 Å². The number of aliphatic imine (C=N–C) groups is 1. The number of nitrogens with zero attached hydrogens (tertiary/aromatic N) is 5. The zero-order valence-electron chi connectivity index (χ0n) is 23.5. The van der Waals surface area contributed by atoms with Crippen LogP contribution in [0.3, 0.4) is 0 Å². The number of carbonyl (C=O) groups excluding carboxylic acids is 2. The number of rotatable bonds is 9. The molecular formula is C30H35ClFN7O2. The van der Waals surface area contributed by atoms with Gasteiger partial charge in [0.2, 0.25) is 0 Å². The van der Waals surface area contributed by atoms with Gasteiger partial charge in [0.15, 0.2) is 5.82 Å². The number of tetrazole rings is 1. The number of aromatic nitrogens is 4. The lowest BCUT2D eigenvalue weighted by Crippen LogP contribution is -2.51. The monoisotopic (exact) mass is 579 g/mol. The van der Waals surface area contributed by atoms with E-state index in [4.69, 9.17) is 16.6 Å². The van der Waals surface area contributed by atoms with Gasteiger partial charge >= 0.3 is 0 Å². The summed E-state index contributed by atoms with van der Waals surface area (Å²) < 4.78 is 14.4. The van der Waals surface area contributed by atoms with E-state index in [1.165, 1.54) is 12.1 Å². The molecule has 0 radical (unpaired) electrons. The Kier molecular flexibility index (Phi) is 8.49. The highest BCUT2D eigenvalue weighted by atomic mass is 35.5. The summed E-state index contributed by atoms with van der Waals surface area (Å²) in [5, 5.41) is 16.6. The van der Waals surface area contributed by atoms with E-state index in [1.807, 2.05) is 17.0 Å². The Labute approximate surface area is 244 Å². The fourth-order valence-electron chi connectivity index (χ4n) is 6.14. The highest BCUT2D eigenvalue weighted by molar-refractivity contribution is 6.47. The van der Waals surface area contributed by atoms with Crippen LogP contribution in [-0.2, 0) is 11.3 Å². The maximum atomic E-state index is 14.4. The van der Waals surface area contributed by atoms with Crippen LogP contribution in [0, 0.1) is 17.7 Å². The molecule has 1 atom stereocenters. The summed E-state index contributed by atoms with van der Waals surface area (Å²) in [5.41, 5.74) is 1.36. The minimum Gasteiger partial charge on any atom is -0.345 e. The molecule has 11 heteroatoms. The maximum Gasteiger partial charge on any atom is 0.275 e. The summed E-state index contributed by atoms with van der Waals surface area (Å²) in [4.78, 5) is 34.0. The van der Waals surface area contributed by atoms with E-state index < -0.39 is 11.5 Å². The Balaban J connectivity index is 1.46. The van der Waals surface area contributed by atoms with Gasteiger partial charge in [0.25, 0.3) is 11.8 Å². The number of H-pyrrole nitrogens is 1. The molecular weight excluding hydrogens is 545 g/mol. The molecule has 1 saturated carbocycles. The SMILES string of the molecule is CCC[C@H](c1ccc(C(=O)NCc2nn[nH]n2)cc1)N1C(=O)C(c2cc(F)cc(Cl)c2)=NC12CCC(C(C)C)CC2. The van der Waals surface area contributed by atoms with Crippen LogP contribution in [-0.4, -0.2) is 48.7 Å². The largest absolute Gasteiger partial charge is 0.345 e. The second kappa shape index (κ2) is 12.1. The third-order valence-electron chi connectivity index (χ3n) is 8.33. The predicted molar refractivity (Wildman–Crippen MR) is 154 cm³/mol. The normalized spacial score (nSPS) is 21.4. The van der Waals surface area contributed by atoms with Crippen LogP contribution in [0.5, 0.6) is 0 Å². The van der Waals surface area contributed by atoms with E-state index in [0.29, 0.717) is 28.8 Å². The number of nitrogens with one attached hydrogen (secondary N) is 2. The van der Waals surface area contributed by atoms with Gasteiger partial charge in [-0.15, -0.1) is 10.2 Å². The first kappa shape index (κ1) is 28.9. The summed E-state index contributed by atoms with van der Waals surface area (Å²) in [7, 11) is 0. The highest BCUT2D eigenvalue weighted by Gasteiger charge is 2.52.